The van der Waals surface area contributed by atoms with Crippen LogP contribution in [0, 0.1) is 0 Å². The first-order valence-electron chi connectivity index (χ1n) is 7.17. The van der Waals surface area contributed by atoms with Crippen LogP contribution in [0.3, 0.4) is 0 Å². The predicted molar refractivity (Wildman–Crippen MR) is 72.5 cm³/mol. The first kappa shape index (κ1) is 15.6. The number of carboxylic acid groups (broad SMARTS) is 1. The standard InChI is InChI=1S/C13H21N3O5/c14-12(19)10-3-1-2-4-16(10)13(20)15-5-6-21-8-9(15)7-11(17)18/h9-10H,1-8H2,(H2,14,19)(H,17,18). The second kappa shape index (κ2) is 6.75. The second-order valence-electron chi connectivity index (χ2n) is 5.41. The summed E-state index contributed by atoms with van der Waals surface area (Å²) >= 11 is 0. The van der Waals surface area contributed by atoms with Crippen LogP contribution in [0.2, 0.25) is 0 Å². The molecule has 0 bridgehead atoms. The van der Waals surface area contributed by atoms with E-state index in [-0.39, 0.29) is 19.1 Å². The van der Waals surface area contributed by atoms with E-state index in [1.165, 1.54) is 9.80 Å². The van der Waals surface area contributed by atoms with Crippen molar-refractivity contribution >= 4 is 17.9 Å². The fraction of sp³-hybridized carbons (Fsp3) is 0.769. The molecular weight excluding hydrogens is 278 g/mol. The van der Waals surface area contributed by atoms with E-state index in [0.29, 0.717) is 26.1 Å². The molecule has 0 spiro atoms. The molecule has 2 saturated heterocycles. The Morgan fingerprint density at radius 1 is 1.19 bits per heavy atom. The highest BCUT2D eigenvalue weighted by Gasteiger charge is 2.37. The van der Waals surface area contributed by atoms with Crippen molar-refractivity contribution in [3.63, 3.8) is 0 Å². The molecular formula is C13H21N3O5. The fourth-order valence-corrected chi connectivity index (χ4v) is 2.90. The lowest BCUT2D eigenvalue weighted by Gasteiger charge is -2.41. The minimum absolute atomic E-state index is 0.166. The number of hydrogen-bond donors (Lipinski definition) is 2. The van der Waals surface area contributed by atoms with Crippen LogP contribution in [0.15, 0.2) is 0 Å². The van der Waals surface area contributed by atoms with Gasteiger partial charge in [0, 0.05) is 13.1 Å². The first-order chi connectivity index (χ1) is 10.0. The van der Waals surface area contributed by atoms with E-state index in [0.717, 1.165) is 12.8 Å². The lowest BCUT2D eigenvalue weighted by atomic mass is 10.0. The van der Waals surface area contributed by atoms with E-state index < -0.39 is 24.0 Å². The number of ether oxygens (including phenoxy) is 1. The molecule has 21 heavy (non-hydrogen) atoms. The highest BCUT2D eigenvalue weighted by atomic mass is 16.5. The smallest absolute Gasteiger partial charge is 0.321 e. The summed E-state index contributed by atoms with van der Waals surface area (Å²) < 4.78 is 5.26. The lowest BCUT2D eigenvalue weighted by molar-refractivity contribution is -0.139. The van der Waals surface area contributed by atoms with Crippen LogP contribution in [0.4, 0.5) is 4.79 Å². The number of nitrogens with zero attached hydrogens (tertiary/aromatic N) is 2. The van der Waals surface area contributed by atoms with Crippen molar-refractivity contribution in [2.75, 3.05) is 26.3 Å². The second-order valence-corrected chi connectivity index (χ2v) is 5.41. The van der Waals surface area contributed by atoms with Crippen molar-refractivity contribution in [1.82, 2.24) is 9.80 Å². The van der Waals surface area contributed by atoms with Crippen LogP contribution in [0.25, 0.3) is 0 Å². The van der Waals surface area contributed by atoms with Crippen LogP contribution in [-0.2, 0) is 14.3 Å². The summed E-state index contributed by atoms with van der Waals surface area (Å²) in [5.41, 5.74) is 5.37. The molecule has 2 rings (SSSR count). The maximum absolute atomic E-state index is 12.7. The minimum Gasteiger partial charge on any atom is -0.481 e. The number of rotatable bonds is 3. The van der Waals surface area contributed by atoms with Gasteiger partial charge in [0.1, 0.15) is 6.04 Å². The molecule has 3 N–H and O–H groups in total. The van der Waals surface area contributed by atoms with Crippen molar-refractivity contribution in [2.24, 2.45) is 5.73 Å². The average molecular weight is 299 g/mol. The predicted octanol–water partition coefficient (Wildman–Crippen LogP) is -0.378. The largest absolute Gasteiger partial charge is 0.481 e. The Kier molecular flexibility index (Phi) is 5.00. The Labute approximate surface area is 122 Å². The Hall–Kier alpha value is -1.83. The summed E-state index contributed by atoms with van der Waals surface area (Å²) in [6, 6.07) is -1.41. The topological polar surface area (TPSA) is 113 Å². The molecule has 8 nitrogen and oxygen atoms in total. The van der Waals surface area contributed by atoms with Gasteiger partial charge in [-0.15, -0.1) is 0 Å². The Bertz CT molecular complexity index is 428. The van der Waals surface area contributed by atoms with Crippen molar-refractivity contribution < 1.29 is 24.2 Å². The molecule has 2 atom stereocenters. The Balaban J connectivity index is 2.11. The van der Waals surface area contributed by atoms with Crippen molar-refractivity contribution in [3.8, 4) is 0 Å². The fourth-order valence-electron chi connectivity index (χ4n) is 2.90. The summed E-state index contributed by atoms with van der Waals surface area (Å²) in [5.74, 6) is -1.49. The Morgan fingerprint density at radius 2 is 1.95 bits per heavy atom. The van der Waals surface area contributed by atoms with Gasteiger partial charge >= 0.3 is 12.0 Å². The molecule has 2 fully saturated rings. The summed E-state index contributed by atoms with van der Waals surface area (Å²) in [4.78, 5) is 38.0. The number of carboxylic acids is 1. The molecule has 2 aliphatic heterocycles. The molecule has 2 heterocycles. The average Bonchev–Trinajstić information content (AvgIpc) is 2.46. The molecule has 0 aromatic heterocycles. The van der Waals surface area contributed by atoms with E-state index in [1.807, 2.05) is 0 Å². The van der Waals surface area contributed by atoms with Gasteiger partial charge in [-0.2, -0.15) is 0 Å². The van der Waals surface area contributed by atoms with Crippen molar-refractivity contribution in [2.45, 2.75) is 37.8 Å². The molecule has 0 aliphatic carbocycles. The number of nitrogens with two attached hydrogens (primary N) is 1. The monoisotopic (exact) mass is 299 g/mol. The SMILES string of the molecule is NC(=O)C1CCCCN1C(=O)N1CCOCC1CC(=O)O. The van der Waals surface area contributed by atoms with Gasteiger partial charge in [0.05, 0.1) is 25.7 Å². The zero-order valence-electron chi connectivity index (χ0n) is 11.9. The third-order valence-electron chi connectivity index (χ3n) is 3.96. The van der Waals surface area contributed by atoms with Gasteiger partial charge in [0.15, 0.2) is 0 Å². The normalized spacial score (nSPS) is 26.5. The molecule has 2 unspecified atom stereocenters. The highest BCUT2D eigenvalue weighted by Crippen LogP contribution is 2.21. The van der Waals surface area contributed by atoms with Crippen LogP contribution in [0.5, 0.6) is 0 Å². The molecule has 0 aromatic rings. The molecule has 3 amide bonds. The van der Waals surface area contributed by atoms with Gasteiger partial charge < -0.3 is 25.4 Å². The minimum atomic E-state index is -0.978. The van der Waals surface area contributed by atoms with Gasteiger partial charge in [-0.1, -0.05) is 0 Å². The Morgan fingerprint density at radius 3 is 2.62 bits per heavy atom. The van der Waals surface area contributed by atoms with Gasteiger partial charge in [-0.3, -0.25) is 9.59 Å². The number of piperidine rings is 1. The van der Waals surface area contributed by atoms with Crippen molar-refractivity contribution in [1.29, 1.82) is 0 Å². The zero-order chi connectivity index (χ0) is 15.4. The first-order valence-corrected chi connectivity index (χ1v) is 7.17. The van der Waals surface area contributed by atoms with Crippen LogP contribution in [-0.4, -0.2) is 71.2 Å². The highest BCUT2D eigenvalue weighted by molar-refractivity contribution is 5.86. The van der Waals surface area contributed by atoms with E-state index in [2.05, 4.69) is 0 Å². The molecule has 2 aliphatic rings. The van der Waals surface area contributed by atoms with Gasteiger partial charge in [-0.25, -0.2) is 4.79 Å². The number of amides is 3. The number of likely N-dealkylation sites (tertiary alicyclic amines) is 1. The number of primary amides is 1. The summed E-state index contributed by atoms with van der Waals surface area (Å²) in [7, 11) is 0. The maximum Gasteiger partial charge on any atom is 0.321 e. The van der Waals surface area contributed by atoms with E-state index in [4.69, 9.17) is 15.6 Å². The lowest BCUT2D eigenvalue weighted by Crippen LogP contribution is -2.59. The number of aliphatic carboxylic acids is 1. The summed E-state index contributed by atoms with van der Waals surface area (Å²) in [6.45, 7) is 1.38. The van der Waals surface area contributed by atoms with Crippen LogP contribution >= 0.6 is 0 Å². The summed E-state index contributed by atoms with van der Waals surface area (Å²) in [6.07, 6.45) is 2.08. The number of hydrogen-bond acceptors (Lipinski definition) is 4. The third kappa shape index (κ3) is 3.63. The molecule has 118 valence electrons. The molecule has 0 radical (unpaired) electrons. The van der Waals surface area contributed by atoms with Crippen LogP contribution in [0.1, 0.15) is 25.7 Å². The molecule has 0 aromatic carbocycles. The van der Waals surface area contributed by atoms with Gasteiger partial charge in [0.2, 0.25) is 5.91 Å². The van der Waals surface area contributed by atoms with E-state index in [9.17, 15) is 14.4 Å². The quantitative estimate of drug-likeness (QED) is 0.737. The number of carbonyl (C=O) groups is 3. The number of morpholine rings is 1. The van der Waals surface area contributed by atoms with E-state index >= 15 is 0 Å². The molecule has 0 saturated carbocycles. The van der Waals surface area contributed by atoms with E-state index in [1.54, 1.807) is 0 Å². The molecule has 8 heteroatoms. The number of carbonyl (C=O) groups excluding carboxylic acids is 2. The maximum atomic E-state index is 12.7. The van der Waals surface area contributed by atoms with Gasteiger partial charge in [0.25, 0.3) is 0 Å². The van der Waals surface area contributed by atoms with Crippen LogP contribution < -0.4 is 5.73 Å². The van der Waals surface area contributed by atoms with Gasteiger partial charge in [-0.05, 0) is 19.3 Å². The summed E-state index contributed by atoms with van der Waals surface area (Å²) in [5, 5.41) is 8.93. The van der Waals surface area contributed by atoms with Crippen molar-refractivity contribution in [3.05, 3.63) is 0 Å². The zero-order valence-corrected chi connectivity index (χ0v) is 11.9. The third-order valence-corrected chi connectivity index (χ3v) is 3.96. The number of urea groups is 1.